The van der Waals surface area contributed by atoms with E-state index >= 15 is 0 Å². The molecule has 1 aromatic rings. The first-order valence-corrected chi connectivity index (χ1v) is 6.38. The molecule has 0 radical (unpaired) electrons. The lowest BCUT2D eigenvalue weighted by atomic mass is 10.1. The Morgan fingerprint density at radius 3 is 2.61 bits per heavy atom. The highest BCUT2D eigenvalue weighted by Gasteiger charge is 2.32. The van der Waals surface area contributed by atoms with E-state index < -0.39 is 11.6 Å². The molecule has 1 aliphatic heterocycles. The van der Waals surface area contributed by atoms with Crippen LogP contribution in [0.3, 0.4) is 0 Å². The molecule has 6 heteroatoms. The van der Waals surface area contributed by atoms with E-state index in [-0.39, 0.29) is 17.9 Å². The van der Waals surface area contributed by atoms with E-state index in [0.717, 1.165) is 5.69 Å². The molecule has 98 valence electrons. The Labute approximate surface area is 114 Å². The van der Waals surface area contributed by atoms with Gasteiger partial charge in [0.15, 0.2) is 5.76 Å². The van der Waals surface area contributed by atoms with Gasteiger partial charge in [-0.3, -0.25) is 4.68 Å². The van der Waals surface area contributed by atoms with Crippen LogP contribution in [0.25, 0.3) is 5.76 Å². The van der Waals surface area contributed by atoms with Gasteiger partial charge in [0.2, 0.25) is 0 Å². The maximum absolute atomic E-state index is 11.9. The smallest absolute Gasteiger partial charge is 0.340 e. The van der Waals surface area contributed by atoms with Crippen molar-refractivity contribution < 1.29 is 14.6 Å². The average molecular weight is 315 g/mol. The Kier molecular flexibility index (Phi) is 3.01. The van der Waals surface area contributed by atoms with Crippen LogP contribution in [0.5, 0.6) is 0 Å². The molecule has 0 unspecified atom stereocenters. The van der Waals surface area contributed by atoms with E-state index in [9.17, 15) is 9.90 Å². The second kappa shape index (κ2) is 4.12. The Hall–Kier alpha value is -1.30. The predicted molar refractivity (Wildman–Crippen MR) is 70.1 cm³/mol. The summed E-state index contributed by atoms with van der Waals surface area (Å²) in [6.45, 7) is 7.43. The zero-order valence-corrected chi connectivity index (χ0v) is 12.3. The Morgan fingerprint density at radius 1 is 1.50 bits per heavy atom. The lowest BCUT2D eigenvalue weighted by Crippen LogP contribution is -2.25. The fourth-order valence-electron chi connectivity index (χ4n) is 1.77. The maximum atomic E-state index is 11.9. The SMILES string of the molecule is Cc1nn2c(c1Br)C(O)=C(C(=O)OC(C)(C)C)C2. The highest BCUT2D eigenvalue weighted by Crippen LogP contribution is 2.34. The molecule has 0 saturated carbocycles. The van der Waals surface area contributed by atoms with Crippen molar-refractivity contribution in [3.05, 3.63) is 21.4 Å². The van der Waals surface area contributed by atoms with Crippen molar-refractivity contribution in [3.8, 4) is 0 Å². The molecule has 0 amide bonds. The number of aryl methyl sites for hydroxylation is 1. The number of hydrogen-bond donors (Lipinski definition) is 1. The number of carbonyl (C=O) groups excluding carboxylic acids is 1. The third kappa shape index (κ3) is 2.16. The summed E-state index contributed by atoms with van der Waals surface area (Å²) < 4.78 is 7.55. The van der Waals surface area contributed by atoms with Gasteiger partial charge in [-0.15, -0.1) is 0 Å². The zero-order valence-electron chi connectivity index (χ0n) is 10.7. The largest absolute Gasteiger partial charge is 0.505 e. The van der Waals surface area contributed by atoms with E-state index in [0.29, 0.717) is 10.2 Å². The van der Waals surface area contributed by atoms with E-state index in [1.165, 1.54) is 0 Å². The van der Waals surface area contributed by atoms with Gasteiger partial charge >= 0.3 is 5.97 Å². The number of aromatic nitrogens is 2. The summed E-state index contributed by atoms with van der Waals surface area (Å²) in [6.07, 6.45) is 0. The molecule has 18 heavy (non-hydrogen) atoms. The number of fused-ring (bicyclic) bond motifs is 1. The highest BCUT2D eigenvalue weighted by molar-refractivity contribution is 9.10. The number of rotatable bonds is 1. The maximum Gasteiger partial charge on any atom is 0.340 e. The number of aliphatic hydroxyl groups is 1. The summed E-state index contributed by atoms with van der Waals surface area (Å²) >= 11 is 3.35. The fourth-order valence-corrected chi connectivity index (χ4v) is 2.24. The number of halogens is 1. The number of esters is 1. The zero-order chi connectivity index (χ0) is 13.7. The molecule has 0 atom stereocenters. The van der Waals surface area contributed by atoms with E-state index in [2.05, 4.69) is 21.0 Å². The molecule has 1 aliphatic rings. The van der Waals surface area contributed by atoms with Crippen LogP contribution in [0.1, 0.15) is 32.2 Å². The van der Waals surface area contributed by atoms with Gasteiger partial charge in [0.05, 0.1) is 16.7 Å². The van der Waals surface area contributed by atoms with Crippen molar-refractivity contribution in [1.82, 2.24) is 9.78 Å². The lowest BCUT2D eigenvalue weighted by molar-refractivity contribution is -0.150. The molecule has 1 N–H and O–H groups in total. The summed E-state index contributed by atoms with van der Waals surface area (Å²) in [5, 5.41) is 14.3. The normalized spacial score (nSPS) is 14.9. The highest BCUT2D eigenvalue weighted by atomic mass is 79.9. The van der Waals surface area contributed by atoms with Crippen LogP contribution in [0, 0.1) is 6.92 Å². The van der Waals surface area contributed by atoms with Crippen LogP contribution in [0.4, 0.5) is 0 Å². The van der Waals surface area contributed by atoms with Crippen LogP contribution < -0.4 is 0 Å². The van der Waals surface area contributed by atoms with Crippen molar-refractivity contribution >= 4 is 27.7 Å². The Balaban J connectivity index is 2.33. The van der Waals surface area contributed by atoms with E-state index in [4.69, 9.17) is 4.74 Å². The minimum absolute atomic E-state index is 0.0586. The van der Waals surface area contributed by atoms with E-state index in [1.54, 1.807) is 25.5 Å². The minimum Gasteiger partial charge on any atom is -0.505 e. The molecule has 5 nitrogen and oxygen atoms in total. The average Bonchev–Trinajstić information content (AvgIpc) is 2.65. The first-order valence-electron chi connectivity index (χ1n) is 5.59. The lowest BCUT2D eigenvalue weighted by Gasteiger charge is -2.19. The van der Waals surface area contributed by atoms with Crippen LogP contribution in [-0.4, -0.2) is 26.5 Å². The van der Waals surface area contributed by atoms with Crippen molar-refractivity contribution in [2.24, 2.45) is 0 Å². The van der Waals surface area contributed by atoms with Crippen LogP contribution >= 0.6 is 15.9 Å². The topological polar surface area (TPSA) is 64.3 Å². The Morgan fingerprint density at radius 2 is 2.11 bits per heavy atom. The molecule has 0 spiro atoms. The van der Waals surface area contributed by atoms with Gasteiger partial charge in [0.25, 0.3) is 0 Å². The number of hydrogen-bond acceptors (Lipinski definition) is 4. The quantitative estimate of drug-likeness (QED) is 0.809. The van der Waals surface area contributed by atoms with Gasteiger partial charge in [-0.2, -0.15) is 5.10 Å². The summed E-state index contributed by atoms with van der Waals surface area (Å²) in [5.74, 6) is -0.563. The number of nitrogens with zero attached hydrogens (tertiary/aromatic N) is 2. The van der Waals surface area contributed by atoms with E-state index in [1.807, 2.05) is 6.92 Å². The van der Waals surface area contributed by atoms with Gasteiger partial charge < -0.3 is 9.84 Å². The molecular weight excluding hydrogens is 300 g/mol. The second-order valence-corrected chi connectivity index (χ2v) is 6.03. The van der Waals surface area contributed by atoms with Gasteiger partial charge in [0.1, 0.15) is 16.9 Å². The van der Waals surface area contributed by atoms with Gasteiger partial charge in [-0.05, 0) is 43.6 Å². The van der Waals surface area contributed by atoms with Crippen LogP contribution in [0.2, 0.25) is 0 Å². The molecule has 0 aliphatic carbocycles. The molecule has 2 heterocycles. The monoisotopic (exact) mass is 314 g/mol. The molecule has 0 saturated heterocycles. The van der Waals surface area contributed by atoms with Crippen molar-refractivity contribution in [3.63, 3.8) is 0 Å². The summed E-state index contributed by atoms with van der Waals surface area (Å²) in [4.78, 5) is 11.9. The molecule has 2 rings (SSSR count). The molecule has 0 aromatic carbocycles. The standard InChI is InChI=1S/C12H15BrN2O3/c1-6-8(13)9-10(16)7(5-15(9)14-6)11(17)18-12(2,3)4/h16H,5H2,1-4H3. The summed E-state index contributed by atoms with van der Waals surface area (Å²) in [6, 6.07) is 0. The number of ether oxygens (including phenoxy) is 1. The number of aliphatic hydroxyl groups excluding tert-OH is 1. The van der Waals surface area contributed by atoms with Crippen LogP contribution in [-0.2, 0) is 16.1 Å². The second-order valence-electron chi connectivity index (χ2n) is 5.23. The summed E-state index contributed by atoms with van der Waals surface area (Å²) in [7, 11) is 0. The van der Waals surface area contributed by atoms with Gasteiger partial charge in [-0.1, -0.05) is 0 Å². The minimum atomic E-state index is -0.581. The first-order chi connectivity index (χ1) is 8.20. The Bertz CT molecular complexity index is 552. The third-order valence-corrected chi connectivity index (χ3v) is 3.47. The summed E-state index contributed by atoms with van der Waals surface area (Å²) in [5.41, 5.74) is 0.976. The molecular formula is C12H15BrN2O3. The predicted octanol–water partition coefficient (Wildman–Crippen LogP) is 2.58. The van der Waals surface area contributed by atoms with Crippen molar-refractivity contribution in [2.45, 2.75) is 39.8 Å². The molecule has 0 fully saturated rings. The molecule has 0 bridgehead atoms. The van der Waals surface area contributed by atoms with Crippen molar-refractivity contribution in [1.29, 1.82) is 0 Å². The van der Waals surface area contributed by atoms with Crippen molar-refractivity contribution in [2.75, 3.05) is 0 Å². The molecule has 1 aromatic heterocycles. The van der Waals surface area contributed by atoms with Crippen LogP contribution in [0.15, 0.2) is 10.0 Å². The number of carbonyl (C=O) groups is 1. The fraction of sp³-hybridized carbons (Fsp3) is 0.500. The van der Waals surface area contributed by atoms with Gasteiger partial charge in [0, 0.05) is 0 Å². The first kappa shape index (κ1) is 13.1. The van der Waals surface area contributed by atoms with Gasteiger partial charge in [-0.25, -0.2) is 4.79 Å². The third-order valence-electron chi connectivity index (χ3n) is 2.52.